The summed E-state index contributed by atoms with van der Waals surface area (Å²) in [6.45, 7) is 2.17. The highest BCUT2D eigenvalue weighted by Gasteiger charge is 2.20. The quantitative estimate of drug-likeness (QED) is 0.823. The molecule has 17 heavy (non-hydrogen) atoms. The molecule has 0 aliphatic heterocycles. The molecule has 0 aliphatic carbocycles. The van der Waals surface area contributed by atoms with Crippen molar-refractivity contribution >= 4 is 15.7 Å². The molecule has 0 fully saturated rings. The molecule has 92 valence electrons. The average Bonchev–Trinajstić information content (AvgIpc) is 2.29. The minimum Gasteiger partial charge on any atom is -0.373 e. The standard InChI is InChI=1S/C12H16N2O2S/c1-4-5-10-13-11-8-6-7-9-12(11)17(15,16)14(2)3/h6-9,13H,10H2,1-3H3. The molecule has 0 spiro atoms. The Morgan fingerprint density at radius 2 is 1.94 bits per heavy atom. The molecule has 0 atom stereocenters. The van der Waals surface area contributed by atoms with Gasteiger partial charge in [0.05, 0.1) is 12.2 Å². The third kappa shape index (κ3) is 3.22. The summed E-state index contributed by atoms with van der Waals surface area (Å²) in [5.41, 5.74) is 0.573. The fourth-order valence-corrected chi connectivity index (χ4v) is 2.32. The van der Waals surface area contributed by atoms with Gasteiger partial charge in [-0.05, 0) is 19.1 Å². The molecule has 1 rings (SSSR count). The van der Waals surface area contributed by atoms with Crippen LogP contribution in [0.25, 0.3) is 0 Å². The van der Waals surface area contributed by atoms with Gasteiger partial charge in [-0.15, -0.1) is 5.92 Å². The zero-order valence-corrected chi connectivity index (χ0v) is 11.0. The van der Waals surface area contributed by atoms with Crippen molar-refractivity contribution in [3.63, 3.8) is 0 Å². The Morgan fingerprint density at radius 3 is 2.53 bits per heavy atom. The number of benzene rings is 1. The molecule has 1 aromatic carbocycles. The van der Waals surface area contributed by atoms with Crippen LogP contribution in [0.15, 0.2) is 29.2 Å². The molecule has 1 N–H and O–H groups in total. The molecular formula is C12H16N2O2S. The van der Waals surface area contributed by atoms with E-state index in [9.17, 15) is 8.42 Å². The number of para-hydroxylation sites is 1. The minimum absolute atomic E-state index is 0.267. The summed E-state index contributed by atoms with van der Waals surface area (Å²) in [4.78, 5) is 0.267. The normalized spacial score (nSPS) is 10.8. The number of anilines is 1. The first-order chi connectivity index (χ1) is 8.00. The summed E-state index contributed by atoms with van der Waals surface area (Å²) in [5, 5.41) is 3.00. The van der Waals surface area contributed by atoms with Gasteiger partial charge in [-0.3, -0.25) is 0 Å². The number of hydrogen-bond donors (Lipinski definition) is 1. The fraction of sp³-hybridized carbons (Fsp3) is 0.333. The summed E-state index contributed by atoms with van der Waals surface area (Å²) < 4.78 is 25.3. The highest BCUT2D eigenvalue weighted by Crippen LogP contribution is 2.22. The van der Waals surface area contributed by atoms with Crippen molar-refractivity contribution in [2.75, 3.05) is 26.0 Å². The maximum atomic E-state index is 12.0. The van der Waals surface area contributed by atoms with Gasteiger partial charge in [-0.1, -0.05) is 18.1 Å². The molecule has 0 saturated carbocycles. The predicted octanol–water partition coefficient (Wildman–Crippen LogP) is 1.37. The molecule has 5 heteroatoms. The molecule has 0 amide bonds. The van der Waals surface area contributed by atoms with Crippen LogP contribution in [0.5, 0.6) is 0 Å². The highest BCUT2D eigenvalue weighted by molar-refractivity contribution is 7.89. The van der Waals surface area contributed by atoms with Crippen LogP contribution in [0.1, 0.15) is 6.92 Å². The van der Waals surface area contributed by atoms with Crippen LogP contribution >= 0.6 is 0 Å². The lowest BCUT2D eigenvalue weighted by atomic mass is 10.3. The van der Waals surface area contributed by atoms with Gasteiger partial charge in [0, 0.05) is 14.1 Å². The second-order valence-corrected chi connectivity index (χ2v) is 5.68. The van der Waals surface area contributed by atoms with Crippen molar-refractivity contribution in [2.45, 2.75) is 11.8 Å². The van der Waals surface area contributed by atoms with Crippen LogP contribution in [0.3, 0.4) is 0 Å². The van der Waals surface area contributed by atoms with Crippen LogP contribution in [-0.4, -0.2) is 33.4 Å². The monoisotopic (exact) mass is 252 g/mol. The smallest absolute Gasteiger partial charge is 0.244 e. The number of hydrogen-bond acceptors (Lipinski definition) is 3. The largest absolute Gasteiger partial charge is 0.373 e. The Hall–Kier alpha value is -1.51. The lowest BCUT2D eigenvalue weighted by Gasteiger charge is -2.15. The average molecular weight is 252 g/mol. The zero-order chi connectivity index (χ0) is 12.9. The van der Waals surface area contributed by atoms with E-state index in [4.69, 9.17) is 0 Å². The van der Waals surface area contributed by atoms with Crippen LogP contribution in [0.2, 0.25) is 0 Å². The van der Waals surface area contributed by atoms with Crippen molar-refractivity contribution in [1.29, 1.82) is 0 Å². The minimum atomic E-state index is -3.42. The van der Waals surface area contributed by atoms with Gasteiger partial charge in [-0.25, -0.2) is 12.7 Å². The number of sulfonamides is 1. The molecule has 4 nitrogen and oxygen atoms in total. The van der Waals surface area contributed by atoms with Gasteiger partial charge in [0.25, 0.3) is 0 Å². The second kappa shape index (κ2) is 5.71. The van der Waals surface area contributed by atoms with Gasteiger partial charge in [0.1, 0.15) is 4.90 Å². The van der Waals surface area contributed by atoms with E-state index in [0.717, 1.165) is 0 Å². The van der Waals surface area contributed by atoms with E-state index in [1.807, 2.05) is 0 Å². The van der Waals surface area contributed by atoms with Gasteiger partial charge >= 0.3 is 0 Å². The third-order valence-electron chi connectivity index (χ3n) is 2.19. The summed E-state index contributed by atoms with van der Waals surface area (Å²) in [7, 11) is -0.398. The molecule has 0 radical (unpaired) electrons. The molecule has 0 heterocycles. The topological polar surface area (TPSA) is 49.4 Å². The molecule has 0 saturated heterocycles. The first kappa shape index (κ1) is 13.6. The summed E-state index contributed by atoms with van der Waals surface area (Å²) in [5.74, 6) is 5.58. The Bertz CT molecular complexity index is 539. The van der Waals surface area contributed by atoms with Crippen molar-refractivity contribution in [3.05, 3.63) is 24.3 Å². The van der Waals surface area contributed by atoms with Gasteiger partial charge in [0.2, 0.25) is 10.0 Å². The lowest BCUT2D eigenvalue weighted by molar-refractivity contribution is 0.521. The highest BCUT2D eigenvalue weighted by atomic mass is 32.2. The maximum Gasteiger partial charge on any atom is 0.244 e. The number of nitrogens with one attached hydrogen (secondary N) is 1. The summed E-state index contributed by atoms with van der Waals surface area (Å²) >= 11 is 0. The van der Waals surface area contributed by atoms with Crippen LogP contribution in [-0.2, 0) is 10.0 Å². The number of rotatable bonds is 4. The van der Waals surface area contributed by atoms with E-state index in [1.54, 1.807) is 31.2 Å². The molecule has 0 aliphatic rings. The van der Waals surface area contributed by atoms with Crippen molar-refractivity contribution in [2.24, 2.45) is 0 Å². The molecule has 0 bridgehead atoms. The lowest BCUT2D eigenvalue weighted by Crippen LogP contribution is -2.23. The summed E-state index contributed by atoms with van der Waals surface area (Å²) in [6, 6.07) is 6.80. The van der Waals surface area contributed by atoms with Crippen molar-refractivity contribution in [3.8, 4) is 11.8 Å². The Balaban J connectivity index is 3.11. The fourth-order valence-electron chi connectivity index (χ4n) is 1.26. The number of nitrogens with zero attached hydrogens (tertiary/aromatic N) is 1. The Labute approximate surface area is 103 Å². The van der Waals surface area contributed by atoms with Gasteiger partial charge in [-0.2, -0.15) is 0 Å². The third-order valence-corrected chi connectivity index (χ3v) is 4.06. The van der Waals surface area contributed by atoms with E-state index in [1.165, 1.54) is 18.4 Å². The van der Waals surface area contributed by atoms with Gasteiger partial charge < -0.3 is 5.32 Å². The Kier molecular flexibility index (Phi) is 4.55. The van der Waals surface area contributed by atoms with E-state index in [-0.39, 0.29) is 4.90 Å². The van der Waals surface area contributed by atoms with Crippen molar-refractivity contribution < 1.29 is 8.42 Å². The van der Waals surface area contributed by atoms with Crippen LogP contribution < -0.4 is 5.32 Å². The molecular weight excluding hydrogens is 236 g/mol. The maximum absolute atomic E-state index is 12.0. The van der Waals surface area contributed by atoms with Gasteiger partial charge in [0.15, 0.2) is 0 Å². The first-order valence-corrected chi connectivity index (χ1v) is 6.59. The van der Waals surface area contributed by atoms with E-state index >= 15 is 0 Å². The van der Waals surface area contributed by atoms with Crippen LogP contribution in [0.4, 0.5) is 5.69 Å². The second-order valence-electron chi connectivity index (χ2n) is 3.56. The predicted molar refractivity (Wildman–Crippen MR) is 69.3 cm³/mol. The molecule has 1 aromatic rings. The van der Waals surface area contributed by atoms with E-state index in [2.05, 4.69) is 17.2 Å². The van der Waals surface area contributed by atoms with E-state index < -0.39 is 10.0 Å². The first-order valence-electron chi connectivity index (χ1n) is 5.15. The van der Waals surface area contributed by atoms with E-state index in [0.29, 0.717) is 12.2 Å². The molecule has 0 unspecified atom stereocenters. The van der Waals surface area contributed by atoms with Crippen molar-refractivity contribution in [1.82, 2.24) is 4.31 Å². The summed E-state index contributed by atoms with van der Waals surface area (Å²) in [6.07, 6.45) is 0. The zero-order valence-electron chi connectivity index (χ0n) is 10.2. The molecule has 0 aromatic heterocycles. The van der Waals surface area contributed by atoms with Crippen LogP contribution in [0, 0.1) is 11.8 Å². The Morgan fingerprint density at radius 1 is 1.29 bits per heavy atom. The SMILES string of the molecule is CC#CCNc1ccccc1S(=O)(=O)N(C)C.